The van der Waals surface area contributed by atoms with E-state index in [0.29, 0.717) is 0 Å². The Balaban J connectivity index is 2.45. The maximum absolute atomic E-state index is 5.59. The van der Waals surface area contributed by atoms with Crippen molar-refractivity contribution in [1.29, 1.82) is 0 Å². The highest BCUT2D eigenvalue weighted by Gasteiger charge is 2.32. The van der Waals surface area contributed by atoms with E-state index in [9.17, 15) is 0 Å². The van der Waals surface area contributed by atoms with Gasteiger partial charge >= 0.3 is 0 Å². The molecule has 12 heavy (non-hydrogen) atoms. The van der Waals surface area contributed by atoms with Crippen LogP contribution in [-0.2, 0) is 4.74 Å². The Labute approximate surface area is 75.5 Å². The summed E-state index contributed by atoms with van der Waals surface area (Å²) in [5, 5.41) is 0. The van der Waals surface area contributed by atoms with Crippen LogP contribution in [0.3, 0.4) is 0 Å². The molecular weight excluding hydrogens is 150 g/mol. The molecule has 0 aliphatic heterocycles. The van der Waals surface area contributed by atoms with E-state index in [1.54, 1.807) is 0 Å². The Kier molecular flexibility index (Phi) is 3.53. The minimum atomic E-state index is 0.126. The molecule has 0 radical (unpaired) electrons. The van der Waals surface area contributed by atoms with Crippen molar-refractivity contribution in [1.82, 2.24) is 0 Å². The average molecular weight is 171 g/mol. The summed E-state index contributed by atoms with van der Waals surface area (Å²) in [4.78, 5) is 0. The van der Waals surface area contributed by atoms with E-state index in [-0.39, 0.29) is 5.60 Å². The smallest absolute Gasteiger partial charge is 0.0691 e. The quantitative estimate of drug-likeness (QED) is 0.704. The van der Waals surface area contributed by atoms with Crippen molar-refractivity contribution in [3.05, 3.63) is 0 Å². The highest BCUT2D eigenvalue weighted by molar-refractivity contribution is 4.86. The third-order valence-corrected chi connectivity index (χ3v) is 3.22. The first-order valence-corrected chi connectivity index (χ1v) is 4.98. The molecule has 1 rings (SSSR count). The zero-order valence-corrected chi connectivity index (χ0v) is 8.31. The van der Waals surface area contributed by atoms with Gasteiger partial charge in [0.25, 0.3) is 0 Å². The van der Waals surface area contributed by atoms with Gasteiger partial charge in [0, 0.05) is 7.11 Å². The molecule has 0 aromatic heterocycles. The van der Waals surface area contributed by atoms with Crippen molar-refractivity contribution in [2.75, 3.05) is 13.7 Å². The maximum atomic E-state index is 5.59. The van der Waals surface area contributed by atoms with Gasteiger partial charge in [0.1, 0.15) is 0 Å². The van der Waals surface area contributed by atoms with Crippen LogP contribution in [0.2, 0.25) is 0 Å². The van der Waals surface area contributed by atoms with Crippen LogP contribution in [-0.4, -0.2) is 19.3 Å². The standard InChI is InChI=1S/C10H21NO/c1-9-3-5-10(12-2,6-4-9)7-8-11/h9H,3-8,11H2,1-2H3. The van der Waals surface area contributed by atoms with Gasteiger partial charge in [-0.15, -0.1) is 0 Å². The molecule has 0 spiro atoms. The molecule has 0 atom stereocenters. The average Bonchev–Trinajstić information content (AvgIpc) is 2.10. The molecule has 0 aromatic rings. The second kappa shape index (κ2) is 4.24. The molecular formula is C10H21NO. The number of hydrogen-bond acceptors (Lipinski definition) is 2. The van der Waals surface area contributed by atoms with Crippen LogP contribution in [0.25, 0.3) is 0 Å². The van der Waals surface area contributed by atoms with Gasteiger partial charge in [-0.1, -0.05) is 6.92 Å². The van der Waals surface area contributed by atoms with E-state index in [2.05, 4.69) is 6.92 Å². The molecule has 0 bridgehead atoms. The van der Waals surface area contributed by atoms with Gasteiger partial charge < -0.3 is 10.5 Å². The molecule has 0 amide bonds. The zero-order valence-electron chi connectivity index (χ0n) is 8.31. The van der Waals surface area contributed by atoms with Crippen LogP contribution in [0.4, 0.5) is 0 Å². The Morgan fingerprint density at radius 2 is 2.00 bits per heavy atom. The molecule has 0 saturated heterocycles. The summed E-state index contributed by atoms with van der Waals surface area (Å²) in [5.41, 5.74) is 5.70. The first-order valence-electron chi connectivity index (χ1n) is 4.98. The highest BCUT2D eigenvalue weighted by Crippen LogP contribution is 2.36. The summed E-state index contributed by atoms with van der Waals surface area (Å²) in [5.74, 6) is 0.881. The van der Waals surface area contributed by atoms with Crippen LogP contribution in [0.15, 0.2) is 0 Å². The van der Waals surface area contributed by atoms with Gasteiger partial charge in [-0.05, 0) is 44.6 Å². The molecule has 72 valence electrons. The first-order chi connectivity index (χ1) is 5.72. The molecule has 1 aliphatic carbocycles. The third kappa shape index (κ3) is 2.20. The van der Waals surface area contributed by atoms with E-state index < -0.39 is 0 Å². The number of ether oxygens (including phenoxy) is 1. The summed E-state index contributed by atoms with van der Waals surface area (Å²) in [6.45, 7) is 3.07. The predicted molar refractivity (Wildman–Crippen MR) is 51.0 cm³/mol. The predicted octanol–water partition coefficient (Wildman–Crippen LogP) is 1.93. The lowest BCUT2D eigenvalue weighted by Gasteiger charge is -2.38. The number of methoxy groups -OCH3 is 1. The fourth-order valence-corrected chi connectivity index (χ4v) is 2.11. The SMILES string of the molecule is COC1(CCN)CCC(C)CC1. The highest BCUT2D eigenvalue weighted by atomic mass is 16.5. The number of hydrogen-bond donors (Lipinski definition) is 1. The maximum Gasteiger partial charge on any atom is 0.0691 e. The van der Waals surface area contributed by atoms with Gasteiger partial charge in [-0.25, -0.2) is 0 Å². The Morgan fingerprint density at radius 1 is 1.42 bits per heavy atom. The van der Waals surface area contributed by atoms with Crippen molar-refractivity contribution < 1.29 is 4.74 Å². The Bertz CT molecular complexity index is 128. The van der Waals surface area contributed by atoms with Gasteiger partial charge in [0.15, 0.2) is 0 Å². The fraction of sp³-hybridized carbons (Fsp3) is 1.00. The molecule has 2 heteroatoms. The van der Waals surface area contributed by atoms with Gasteiger partial charge in [0.05, 0.1) is 5.60 Å². The van der Waals surface area contributed by atoms with E-state index in [1.807, 2.05) is 7.11 Å². The van der Waals surface area contributed by atoms with E-state index in [4.69, 9.17) is 10.5 Å². The van der Waals surface area contributed by atoms with Crippen LogP contribution >= 0.6 is 0 Å². The summed E-state index contributed by atoms with van der Waals surface area (Å²) in [6, 6.07) is 0. The molecule has 1 aliphatic rings. The molecule has 0 unspecified atom stereocenters. The summed E-state index contributed by atoms with van der Waals surface area (Å²) in [6.07, 6.45) is 6.02. The minimum Gasteiger partial charge on any atom is -0.378 e. The largest absolute Gasteiger partial charge is 0.378 e. The van der Waals surface area contributed by atoms with E-state index in [1.165, 1.54) is 25.7 Å². The van der Waals surface area contributed by atoms with Crippen LogP contribution < -0.4 is 5.73 Å². The lowest BCUT2D eigenvalue weighted by Crippen LogP contribution is -2.37. The van der Waals surface area contributed by atoms with E-state index in [0.717, 1.165) is 18.9 Å². The topological polar surface area (TPSA) is 35.2 Å². The summed E-state index contributed by atoms with van der Waals surface area (Å²) in [7, 11) is 1.83. The van der Waals surface area contributed by atoms with Crippen LogP contribution in [0.1, 0.15) is 39.0 Å². The summed E-state index contributed by atoms with van der Waals surface area (Å²) >= 11 is 0. The zero-order chi connectivity index (χ0) is 9.03. The third-order valence-electron chi connectivity index (χ3n) is 3.22. The second-order valence-electron chi connectivity index (χ2n) is 4.11. The van der Waals surface area contributed by atoms with Crippen molar-refractivity contribution in [2.24, 2.45) is 11.7 Å². The molecule has 1 fully saturated rings. The molecule has 2 N–H and O–H groups in total. The van der Waals surface area contributed by atoms with Crippen LogP contribution in [0.5, 0.6) is 0 Å². The first kappa shape index (κ1) is 10.0. The van der Waals surface area contributed by atoms with Crippen molar-refractivity contribution in [3.63, 3.8) is 0 Å². The van der Waals surface area contributed by atoms with Gasteiger partial charge in [-0.3, -0.25) is 0 Å². The normalized spacial score (nSPS) is 36.8. The monoisotopic (exact) mass is 171 g/mol. The molecule has 2 nitrogen and oxygen atoms in total. The van der Waals surface area contributed by atoms with Crippen molar-refractivity contribution in [3.8, 4) is 0 Å². The minimum absolute atomic E-state index is 0.126. The van der Waals surface area contributed by atoms with Gasteiger partial charge in [0.2, 0.25) is 0 Å². The van der Waals surface area contributed by atoms with Crippen molar-refractivity contribution >= 4 is 0 Å². The summed E-state index contributed by atoms with van der Waals surface area (Å²) < 4.78 is 5.59. The molecule has 0 heterocycles. The molecule has 1 saturated carbocycles. The van der Waals surface area contributed by atoms with Crippen molar-refractivity contribution in [2.45, 2.75) is 44.6 Å². The Morgan fingerprint density at radius 3 is 2.42 bits per heavy atom. The number of nitrogens with two attached hydrogens (primary N) is 1. The Hall–Kier alpha value is -0.0800. The lowest BCUT2D eigenvalue weighted by molar-refractivity contribution is -0.0516. The van der Waals surface area contributed by atoms with E-state index >= 15 is 0 Å². The fourth-order valence-electron chi connectivity index (χ4n) is 2.11. The van der Waals surface area contributed by atoms with Crippen LogP contribution in [0, 0.1) is 5.92 Å². The van der Waals surface area contributed by atoms with Gasteiger partial charge in [-0.2, -0.15) is 0 Å². The number of rotatable bonds is 3. The molecule has 0 aromatic carbocycles. The second-order valence-corrected chi connectivity index (χ2v) is 4.11. The lowest BCUT2D eigenvalue weighted by atomic mass is 9.78.